The van der Waals surface area contributed by atoms with E-state index in [4.69, 9.17) is 16.3 Å². The molecule has 0 unspecified atom stereocenters. The van der Waals surface area contributed by atoms with E-state index >= 15 is 0 Å². The van der Waals surface area contributed by atoms with E-state index in [1.54, 1.807) is 24.3 Å². The van der Waals surface area contributed by atoms with Gasteiger partial charge in [-0.15, -0.1) is 0 Å². The number of carbonyl (C=O) groups is 1. The Labute approximate surface area is 146 Å². The third-order valence-corrected chi connectivity index (χ3v) is 5.40. The summed E-state index contributed by atoms with van der Waals surface area (Å²) < 4.78 is 31.9. The molecule has 0 aliphatic rings. The van der Waals surface area contributed by atoms with Gasteiger partial charge in [0, 0.05) is 7.05 Å². The first-order valence-corrected chi connectivity index (χ1v) is 8.84. The molecule has 1 N–H and O–H groups in total. The average Bonchev–Trinajstić information content (AvgIpc) is 2.60. The van der Waals surface area contributed by atoms with Gasteiger partial charge in [0.2, 0.25) is 5.91 Å². The van der Waals surface area contributed by atoms with E-state index in [1.165, 1.54) is 38.4 Å². The first kappa shape index (κ1) is 18.1. The first-order valence-electron chi connectivity index (χ1n) is 7.02. The van der Waals surface area contributed by atoms with Crippen LogP contribution >= 0.6 is 11.6 Å². The van der Waals surface area contributed by atoms with E-state index in [0.29, 0.717) is 5.75 Å². The SMILES string of the molecule is CNC(=O)CN(c1ccc(OC)c(Cl)c1)S(=O)(=O)c1ccccc1. The summed E-state index contributed by atoms with van der Waals surface area (Å²) in [5.41, 5.74) is 0.272. The number of amides is 1. The minimum atomic E-state index is -3.92. The molecule has 0 saturated carbocycles. The molecule has 128 valence electrons. The molecule has 2 aromatic rings. The zero-order valence-corrected chi connectivity index (χ0v) is 14.8. The summed E-state index contributed by atoms with van der Waals surface area (Å²) in [6.07, 6.45) is 0. The number of nitrogens with zero attached hydrogens (tertiary/aromatic N) is 1. The molecule has 0 heterocycles. The van der Waals surface area contributed by atoms with Crippen LogP contribution in [-0.2, 0) is 14.8 Å². The largest absolute Gasteiger partial charge is 0.495 e. The highest BCUT2D eigenvalue weighted by molar-refractivity contribution is 7.92. The van der Waals surface area contributed by atoms with Crippen LogP contribution in [0.5, 0.6) is 5.75 Å². The van der Waals surface area contributed by atoms with E-state index in [-0.39, 0.29) is 22.2 Å². The lowest BCUT2D eigenvalue weighted by atomic mass is 10.3. The summed E-state index contributed by atoms with van der Waals surface area (Å²) in [5.74, 6) is -0.0288. The maximum absolute atomic E-state index is 12.9. The molecule has 0 radical (unpaired) electrons. The summed E-state index contributed by atoms with van der Waals surface area (Å²) >= 11 is 6.09. The van der Waals surface area contributed by atoms with Gasteiger partial charge in [0.25, 0.3) is 10.0 Å². The van der Waals surface area contributed by atoms with Crippen LogP contribution in [0.1, 0.15) is 0 Å². The Balaban J connectivity index is 2.53. The molecular weight excluding hydrogens is 352 g/mol. The Morgan fingerprint density at radius 1 is 1.21 bits per heavy atom. The number of carbonyl (C=O) groups excluding carboxylic acids is 1. The van der Waals surface area contributed by atoms with Crippen molar-refractivity contribution < 1.29 is 17.9 Å². The molecule has 0 aliphatic heterocycles. The minimum absolute atomic E-state index is 0.0841. The zero-order valence-electron chi connectivity index (χ0n) is 13.2. The van der Waals surface area contributed by atoms with E-state index in [1.807, 2.05) is 0 Å². The zero-order chi connectivity index (χ0) is 17.7. The van der Waals surface area contributed by atoms with E-state index in [0.717, 1.165) is 4.31 Å². The summed E-state index contributed by atoms with van der Waals surface area (Å²) in [7, 11) is -1.02. The van der Waals surface area contributed by atoms with Crippen LogP contribution in [0.2, 0.25) is 5.02 Å². The van der Waals surface area contributed by atoms with Crippen molar-refractivity contribution >= 4 is 33.2 Å². The molecule has 0 aliphatic carbocycles. The molecule has 0 atom stereocenters. The molecule has 24 heavy (non-hydrogen) atoms. The van der Waals surface area contributed by atoms with Crippen molar-refractivity contribution in [2.75, 3.05) is 25.0 Å². The van der Waals surface area contributed by atoms with Crippen molar-refractivity contribution in [1.82, 2.24) is 5.32 Å². The van der Waals surface area contributed by atoms with Gasteiger partial charge < -0.3 is 10.1 Å². The second-order valence-electron chi connectivity index (χ2n) is 4.82. The number of hydrogen-bond acceptors (Lipinski definition) is 4. The van der Waals surface area contributed by atoms with Gasteiger partial charge >= 0.3 is 0 Å². The highest BCUT2D eigenvalue weighted by Crippen LogP contribution is 2.31. The number of anilines is 1. The van der Waals surface area contributed by atoms with Gasteiger partial charge in [-0.25, -0.2) is 8.42 Å². The highest BCUT2D eigenvalue weighted by atomic mass is 35.5. The van der Waals surface area contributed by atoms with Crippen LogP contribution in [0.3, 0.4) is 0 Å². The van der Waals surface area contributed by atoms with Gasteiger partial charge in [-0.05, 0) is 30.3 Å². The van der Waals surface area contributed by atoms with E-state index < -0.39 is 15.9 Å². The lowest BCUT2D eigenvalue weighted by Crippen LogP contribution is -2.39. The predicted octanol–water partition coefficient (Wildman–Crippen LogP) is 2.29. The highest BCUT2D eigenvalue weighted by Gasteiger charge is 2.27. The smallest absolute Gasteiger partial charge is 0.264 e. The lowest BCUT2D eigenvalue weighted by Gasteiger charge is -2.24. The molecule has 2 aromatic carbocycles. The Hall–Kier alpha value is -2.25. The minimum Gasteiger partial charge on any atom is -0.495 e. The molecule has 1 amide bonds. The molecule has 0 fully saturated rings. The second-order valence-corrected chi connectivity index (χ2v) is 7.09. The van der Waals surface area contributed by atoms with Crippen molar-refractivity contribution in [2.45, 2.75) is 4.90 Å². The number of halogens is 1. The number of benzene rings is 2. The summed E-state index contributed by atoms with van der Waals surface area (Å²) in [6.45, 7) is -0.365. The Morgan fingerprint density at radius 3 is 2.42 bits per heavy atom. The second kappa shape index (κ2) is 7.55. The summed E-state index contributed by atoms with van der Waals surface area (Å²) in [6, 6.07) is 12.4. The van der Waals surface area contributed by atoms with Crippen molar-refractivity contribution in [3.63, 3.8) is 0 Å². The number of likely N-dealkylation sites (N-methyl/N-ethyl adjacent to an activating group) is 1. The van der Waals surface area contributed by atoms with Gasteiger partial charge in [-0.3, -0.25) is 9.10 Å². The van der Waals surface area contributed by atoms with Crippen LogP contribution < -0.4 is 14.4 Å². The fourth-order valence-corrected chi connectivity index (χ4v) is 3.74. The van der Waals surface area contributed by atoms with Crippen LogP contribution in [0.15, 0.2) is 53.4 Å². The normalized spacial score (nSPS) is 11.0. The third kappa shape index (κ3) is 3.80. The van der Waals surface area contributed by atoms with Gasteiger partial charge in [0.05, 0.1) is 22.7 Å². The predicted molar refractivity (Wildman–Crippen MR) is 93.0 cm³/mol. The lowest BCUT2D eigenvalue weighted by molar-refractivity contribution is -0.119. The topological polar surface area (TPSA) is 75.7 Å². The summed E-state index contributed by atoms with van der Waals surface area (Å²) in [4.78, 5) is 11.9. The van der Waals surface area contributed by atoms with Crippen molar-refractivity contribution in [1.29, 1.82) is 0 Å². The van der Waals surface area contributed by atoms with Gasteiger partial charge in [0.1, 0.15) is 12.3 Å². The van der Waals surface area contributed by atoms with Gasteiger partial charge in [-0.2, -0.15) is 0 Å². The standard InChI is InChI=1S/C16H17ClN2O4S/c1-18-16(20)11-19(12-8-9-15(23-2)14(17)10-12)24(21,22)13-6-4-3-5-7-13/h3-10H,11H2,1-2H3,(H,18,20). The average molecular weight is 369 g/mol. The molecule has 8 heteroatoms. The number of ether oxygens (including phenoxy) is 1. The van der Waals surface area contributed by atoms with Crippen molar-refractivity contribution in [2.24, 2.45) is 0 Å². The number of hydrogen-bond donors (Lipinski definition) is 1. The van der Waals surface area contributed by atoms with Crippen LogP contribution in [0.4, 0.5) is 5.69 Å². The number of nitrogens with one attached hydrogen (secondary N) is 1. The van der Waals surface area contributed by atoms with E-state index in [2.05, 4.69) is 5.32 Å². The fraction of sp³-hybridized carbons (Fsp3) is 0.188. The quantitative estimate of drug-likeness (QED) is 0.848. The summed E-state index contributed by atoms with van der Waals surface area (Å²) in [5, 5.41) is 2.67. The molecular formula is C16H17ClN2O4S. The Bertz CT molecular complexity index is 825. The monoisotopic (exact) mass is 368 g/mol. The molecule has 2 rings (SSSR count). The van der Waals surface area contributed by atoms with Crippen molar-refractivity contribution in [3.8, 4) is 5.75 Å². The maximum Gasteiger partial charge on any atom is 0.264 e. The number of sulfonamides is 1. The molecule has 0 saturated heterocycles. The Kier molecular flexibility index (Phi) is 5.69. The molecule has 0 bridgehead atoms. The van der Waals surface area contributed by atoms with E-state index in [9.17, 15) is 13.2 Å². The third-order valence-electron chi connectivity index (χ3n) is 3.32. The van der Waals surface area contributed by atoms with Crippen LogP contribution in [0.25, 0.3) is 0 Å². The van der Waals surface area contributed by atoms with Gasteiger partial charge in [0.15, 0.2) is 0 Å². The molecule has 6 nitrogen and oxygen atoms in total. The number of methoxy groups -OCH3 is 1. The van der Waals surface area contributed by atoms with Crippen LogP contribution in [0, 0.1) is 0 Å². The fourth-order valence-electron chi connectivity index (χ4n) is 2.05. The number of rotatable bonds is 6. The first-order chi connectivity index (χ1) is 11.4. The maximum atomic E-state index is 12.9. The van der Waals surface area contributed by atoms with Crippen LogP contribution in [-0.4, -0.2) is 35.0 Å². The molecule has 0 spiro atoms. The van der Waals surface area contributed by atoms with Crippen molar-refractivity contribution in [3.05, 3.63) is 53.6 Å². The Morgan fingerprint density at radius 2 is 1.88 bits per heavy atom. The molecule has 0 aromatic heterocycles. The van der Waals surface area contributed by atoms with Gasteiger partial charge in [-0.1, -0.05) is 29.8 Å².